The number of ether oxygens (including phenoxy) is 1. The number of morpholine rings is 1. The largest absolute Gasteiger partial charge is 0.371 e. The molecule has 1 heterocycles. The van der Waals surface area contributed by atoms with Crippen molar-refractivity contribution < 1.29 is 9.13 Å². The molecule has 0 radical (unpaired) electrons. The SMILES string of the molecule is N#Cc1c(F)cccc1N1CCOC2(CCC2)C1. The molecular formula is C14H15FN2O. The normalized spacial score (nSPS) is 21.4. The predicted octanol–water partition coefficient (Wildman–Crippen LogP) is 2.46. The summed E-state index contributed by atoms with van der Waals surface area (Å²) in [6.45, 7) is 2.15. The second-order valence-corrected chi connectivity index (χ2v) is 5.05. The van der Waals surface area contributed by atoms with Crippen LogP contribution in [0.4, 0.5) is 10.1 Å². The van der Waals surface area contributed by atoms with Gasteiger partial charge in [0.25, 0.3) is 0 Å². The molecule has 0 bridgehead atoms. The zero-order valence-electron chi connectivity index (χ0n) is 10.2. The van der Waals surface area contributed by atoms with Crippen molar-refractivity contribution >= 4 is 5.69 Å². The number of nitrogens with zero attached hydrogens (tertiary/aromatic N) is 2. The van der Waals surface area contributed by atoms with Crippen LogP contribution in [-0.4, -0.2) is 25.3 Å². The first kappa shape index (κ1) is 11.5. The van der Waals surface area contributed by atoms with Crippen molar-refractivity contribution in [3.63, 3.8) is 0 Å². The first-order valence-corrected chi connectivity index (χ1v) is 6.32. The summed E-state index contributed by atoms with van der Waals surface area (Å²) in [6, 6.07) is 6.78. The predicted molar refractivity (Wildman–Crippen MR) is 65.9 cm³/mol. The molecule has 1 aromatic rings. The van der Waals surface area contributed by atoms with E-state index >= 15 is 0 Å². The van der Waals surface area contributed by atoms with E-state index in [2.05, 4.69) is 4.90 Å². The van der Waals surface area contributed by atoms with E-state index in [1.54, 1.807) is 6.07 Å². The fourth-order valence-electron chi connectivity index (χ4n) is 2.81. The number of benzene rings is 1. The highest BCUT2D eigenvalue weighted by Gasteiger charge is 2.42. The Labute approximate surface area is 106 Å². The average molecular weight is 246 g/mol. The van der Waals surface area contributed by atoms with Gasteiger partial charge in [0.15, 0.2) is 0 Å². The van der Waals surface area contributed by atoms with Crippen LogP contribution >= 0.6 is 0 Å². The van der Waals surface area contributed by atoms with Crippen molar-refractivity contribution in [1.29, 1.82) is 5.26 Å². The summed E-state index contributed by atoms with van der Waals surface area (Å²) in [7, 11) is 0. The molecule has 1 saturated heterocycles. The van der Waals surface area contributed by atoms with Gasteiger partial charge in [-0.15, -0.1) is 0 Å². The second kappa shape index (κ2) is 4.25. The van der Waals surface area contributed by atoms with E-state index in [9.17, 15) is 4.39 Å². The molecule has 1 aromatic carbocycles. The third kappa shape index (κ3) is 1.75. The summed E-state index contributed by atoms with van der Waals surface area (Å²) in [5.74, 6) is -0.441. The lowest BCUT2D eigenvalue weighted by Crippen LogP contribution is -2.55. The van der Waals surface area contributed by atoms with Gasteiger partial charge in [-0.2, -0.15) is 5.26 Å². The van der Waals surface area contributed by atoms with Gasteiger partial charge in [-0.25, -0.2) is 4.39 Å². The minimum atomic E-state index is -0.441. The highest BCUT2D eigenvalue weighted by Crippen LogP contribution is 2.39. The number of hydrogen-bond donors (Lipinski definition) is 0. The van der Waals surface area contributed by atoms with Crippen molar-refractivity contribution in [2.75, 3.05) is 24.6 Å². The van der Waals surface area contributed by atoms with Crippen molar-refractivity contribution in [2.45, 2.75) is 24.9 Å². The van der Waals surface area contributed by atoms with E-state index in [0.29, 0.717) is 12.3 Å². The molecule has 0 atom stereocenters. The molecule has 18 heavy (non-hydrogen) atoms. The first-order chi connectivity index (χ1) is 8.74. The highest BCUT2D eigenvalue weighted by molar-refractivity contribution is 5.60. The van der Waals surface area contributed by atoms with Gasteiger partial charge in [-0.3, -0.25) is 0 Å². The third-order valence-electron chi connectivity index (χ3n) is 3.96. The van der Waals surface area contributed by atoms with Crippen molar-refractivity contribution in [3.05, 3.63) is 29.6 Å². The van der Waals surface area contributed by atoms with Crippen molar-refractivity contribution in [1.82, 2.24) is 0 Å². The summed E-state index contributed by atoms with van der Waals surface area (Å²) in [5.41, 5.74) is 0.804. The topological polar surface area (TPSA) is 36.3 Å². The fraction of sp³-hybridized carbons (Fsp3) is 0.500. The van der Waals surface area contributed by atoms with Gasteiger partial charge in [0.1, 0.15) is 17.4 Å². The summed E-state index contributed by atoms with van der Waals surface area (Å²) >= 11 is 0. The monoisotopic (exact) mass is 246 g/mol. The molecule has 2 fully saturated rings. The van der Waals surface area contributed by atoms with Gasteiger partial charge in [-0.05, 0) is 31.4 Å². The minimum Gasteiger partial charge on any atom is -0.371 e. The Morgan fingerprint density at radius 2 is 2.22 bits per heavy atom. The van der Waals surface area contributed by atoms with Crippen LogP contribution < -0.4 is 4.90 Å². The van der Waals surface area contributed by atoms with Gasteiger partial charge in [0.05, 0.1) is 17.9 Å². The Morgan fingerprint density at radius 3 is 2.89 bits per heavy atom. The standard InChI is InChI=1S/C14H15FN2O/c15-12-3-1-4-13(11(12)9-16)17-7-8-18-14(10-17)5-2-6-14/h1,3-4H,2,5-8,10H2. The van der Waals surface area contributed by atoms with E-state index in [4.69, 9.17) is 10.00 Å². The zero-order valence-corrected chi connectivity index (χ0v) is 10.2. The molecule has 0 unspecified atom stereocenters. The Hall–Kier alpha value is -1.60. The number of rotatable bonds is 1. The van der Waals surface area contributed by atoms with Crippen LogP contribution in [0.5, 0.6) is 0 Å². The van der Waals surface area contributed by atoms with Crippen LogP contribution in [0.3, 0.4) is 0 Å². The smallest absolute Gasteiger partial charge is 0.143 e. The van der Waals surface area contributed by atoms with E-state index in [0.717, 1.165) is 25.9 Å². The molecule has 94 valence electrons. The van der Waals surface area contributed by atoms with E-state index in [1.807, 2.05) is 12.1 Å². The lowest BCUT2D eigenvalue weighted by molar-refractivity contribution is -0.106. The maximum atomic E-state index is 13.6. The quantitative estimate of drug-likeness (QED) is 0.763. The maximum Gasteiger partial charge on any atom is 0.143 e. The molecule has 1 aliphatic carbocycles. The van der Waals surface area contributed by atoms with Gasteiger partial charge in [-0.1, -0.05) is 6.07 Å². The average Bonchev–Trinajstić information content (AvgIpc) is 2.37. The molecule has 0 N–H and O–H groups in total. The number of halogens is 1. The molecule has 4 heteroatoms. The first-order valence-electron chi connectivity index (χ1n) is 6.32. The van der Waals surface area contributed by atoms with E-state index in [1.165, 1.54) is 12.5 Å². The highest BCUT2D eigenvalue weighted by atomic mass is 19.1. The Balaban J connectivity index is 1.91. The molecule has 1 aliphatic heterocycles. The van der Waals surface area contributed by atoms with E-state index < -0.39 is 5.82 Å². The molecule has 0 amide bonds. The Morgan fingerprint density at radius 1 is 1.39 bits per heavy atom. The molecule has 3 nitrogen and oxygen atoms in total. The third-order valence-corrected chi connectivity index (χ3v) is 3.96. The molecule has 2 aliphatic rings. The van der Waals surface area contributed by atoms with Gasteiger partial charge in [0, 0.05) is 13.1 Å². The Bertz CT molecular complexity index is 505. The van der Waals surface area contributed by atoms with E-state index in [-0.39, 0.29) is 11.2 Å². The second-order valence-electron chi connectivity index (χ2n) is 5.05. The molecule has 1 saturated carbocycles. The number of nitriles is 1. The van der Waals surface area contributed by atoms with Gasteiger partial charge >= 0.3 is 0 Å². The lowest BCUT2D eigenvalue weighted by Gasteiger charge is -2.49. The number of anilines is 1. The molecular weight excluding hydrogens is 231 g/mol. The molecule has 3 rings (SSSR count). The van der Waals surface area contributed by atoms with Crippen LogP contribution in [0.15, 0.2) is 18.2 Å². The van der Waals surface area contributed by atoms with Gasteiger partial charge in [0.2, 0.25) is 0 Å². The van der Waals surface area contributed by atoms with Crippen molar-refractivity contribution in [2.24, 2.45) is 0 Å². The summed E-state index contributed by atoms with van der Waals surface area (Å²) in [6.07, 6.45) is 3.34. The number of hydrogen-bond acceptors (Lipinski definition) is 3. The maximum absolute atomic E-state index is 13.6. The summed E-state index contributed by atoms with van der Waals surface area (Å²) in [4.78, 5) is 2.09. The zero-order chi connectivity index (χ0) is 12.6. The summed E-state index contributed by atoms with van der Waals surface area (Å²) < 4.78 is 19.5. The van der Waals surface area contributed by atoms with Crippen LogP contribution in [0, 0.1) is 17.1 Å². The Kier molecular flexibility index (Phi) is 2.71. The molecule has 0 aromatic heterocycles. The van der Waals surface area contributed by atoms with Crippen LogP contribution in [0.1, 0.15) is 24.8 Å². The van der Waals surface area contributed by atoms with Crippen LogP contribution in [0.2, 0.25) is 0 Å². The molecule has 1 spiro atoms. The van der Waals surface area contributed by atoms with Crippen molar-refractivity contribution in [3.8, 4) is 6.07 Å². The lowest BCUT2D eigenvalue weighted by atomic mass is 9.78. The fourth-order valence-corrected chi connectivity index (χ4v) is 2.81. The van der Waals surface area contributed by atoms with Crippen LogP contribution in [0.25, 0.3) is 0 Å². The minimum absolute atomic E-state index is 0.0444. The van der Waals surface area contributed by atoms with Gasteiger partial charge < -0.3 is 9.64 Å². The summed E-state index contributed by atoms with van der Waals surface area (Å²) in [5, 5.41) is 9.08. The van der Waals surface area contributed by atoms with Crippen LogP contribution in [-0.2, 0) is 4.74 Å².